The van der Waals surface area contributed by atoms with Gasteiger partial charge in [0.1, 0.15) is 0 Å². The van der Waals surface area contributed by atoms with E-state index in [9.17, 15) is 9.59 Å². The minimum atomic E-state index is -0.132. The van der Waals surface area contributed by atoms with Crippen LogP contribution in [0.2, 0.25) is 0 Å². The number of aryl methyl sites for hydroxylation is 1. The molecule has 0 radical (unpaired) electrons. The number of hydrogen-bond acceptors (Lipinski definition) is 5. The lowest BCUT2D eigenvalue weighted by molar-refractivity contribution is -0.127. The van der Waals surface area contributed by atoms with Crippen LogP contribution in [0.15, 0.2) is 52.9 Å². The van der Waals surface area contributed by atoms with E-state index in [0.717, 1.165) is 42.4 Å². The van der Waals surface area contributed by atoms with Crippen LogP contribution in [0.3, 0.4) is 0 Å². The molecule has 182 valence electrons. The van der Waals surface area contributed by atoms with E-state index in [1.807, 2.05) is 48.2 Å². The second kappa shape index (κ2) is 10.4. The molecule has 7 heteroatoms. The predicted octanol–water partition coefficient (Wildman–Crippen LogP) is 5.01. The first-order valence-corrected chi connectivity index (χ1v) is 12.7. The molecule has 1 unspecified atom stereocenters. The monoisotopic (exact) mass is 472 g/mol. The third kappa shape index (κ3) is 5.29. The molecule has 0 spiro atoms. The van der Waals surface area contributed by atoms with Crippen LogP contribution in [-0.4, -0.2) is 46.0 Å². The molecule has 1 aromatic heterocycles. The van der Waals surface area contributed by atoms with Gasteiger partial charge in [-0.05, 0) is 68.5 Å². The second-order valence-electron chi connectivity index (χ2n) is 9.74. The van der Waals surface area contributed by atoms with E-state index in [4.69, 9.17) is 4.42 Å². The summed E-state index contributed by atoms with van der Waals surface area (Å²) in [6, 6.07) is 15.4. The van der Waals surface area contributed by atoms with Crippen LogP contribution >= 0.6 is 0 Å². The van der Waals surface area contributed by atoms with Gasteiger partial charge in [0, 0.05) is 35.8 Å². The molecular formula is C28H32N4O3. The van der Waals surface area contributed by atoms with Gasteiger partial charge >= 0.3 is 0 Å². The van der Waals surface area contributed by atoms with E-state index in [0.29, 0.717) is 36.5 Å². The summed E-state index contributed by atoms with van der Waals surface area (Å²) in [4.78, 5) is 27.8. The van der Waals surface area contributed by atoms with Gasteiger partial charge in [-0.15, -0.1) is 10.2 Å². The van der Waals surface area contributed by atoms with Crippen LogP contribution < -0.4 is 5.32 Å². The second-order valence-corrected chi connectivity index (χ2v) is 9.74. The zero-order valence-electron chi connectivity index (χ0n) is 20.2. The Balaban J connectivity index is 1.22. The highest BCUT2D eigenvalue weighted by Gasteiger charge is 2.30. The van der Waals surface area contributed by atoms with Gasteiger partial charge in [-0.2, -0.15) is 0 Å². The first kappa shape index (κ1) is 23.3. The Labute approximate surface area is 205 Å². The van der Waals surface area contributed by atoms with Crippen molar-refractivity contribution in [3.63, 3.8) is 0 Å². The van der Waals surface area contributed by atoms with Gasteiger partial charge in [-0.3, -0.25) is 9.59 Å². The predicted molar refractivity (Wildman–Crippen MR) is 134 cm³/mol. The summed E-state index contributed by atoms with van der Waals surface area (Å²) in [6.45, 7) is 3.16. The van der Waals surface area contributed by atoms with Gasteiger partial charge < -0.3 is 14.6 Å². The number of carbonyl (C=O) groups is 2. The molecule has 5 rings (SSSR count). The first-order valence-electron chi connectivity index (χ1n) is 12.7. The van der Waals surface area contributed by atoms with Crippen molar-refractivity contribution in [2.75, 3.05) is 13.1 Å². The van der Waals surface area contributed by atoms with E-state index in [1.54, 1.807) is 12.1 Å². The molecule has 2 aromatic carbocycles. The summed E-state index contributed by atoms with van der Waals surface area (Å²) >= 11 is 0. The van der Waals surface area contributed by atoms with Crippen LogP contribution in [0.1, 0.15) is 60.9 Å². The summed E-state index contributed by atoms with van der Waals surface area (Å²) in [5, 5.41) is 11.6. The molecule has 1 aliphatic heterocycles. The van der Waals surface area contributed by atoms with Crippen molar-refractivity contribution in [1.29, 1.82) is 0 Å². The van der Waals surface area contributed by atoms with Gasteiger partial charge in [-0.25, -0.2) is 0 Å². The molecule has 1 saturated carbocycles. The number of rotatable bonds is 5. The van der Waals surface area contributed by atoms with Crippen molar-refractivity contribution in [1.82, 2.24) is 20.4 Å². The van der Waals surface area contributed by atoms with Crippen LogP contribution in [0.4, 0.5) is 0 Å². The average Bonchev–Trinajstić information content (AvgIpc) is 3.39. The number of piperidine rings is 1. The van der Waals surface area contributed by atoms with Gasteiger partial charge in [0.2, 0.25) is 17.7 Å². The van der Waals surface area contributed by atoms with E-state index < -0.39 is 0 Å². The minimum absolute atomic E-state index is 0.0437. The molecule has 35 heavy (non-hydrogen) atoms. The number of nitrogens with zero attached hydrogens (tertiary/aromatic N) is 3. The standard InChI is InChI=1S/C28H32N4O3/c1-19-8-5-6-12-24(19)27-31-30-26(35-27)20-13-15-21(16-14-20)28(34)32-17-7-9-22(18-32)25(33)29-23-10-3-2-4-11-23/h5-6,8,12-16,22-23H,2-4,7,9-11,17-18H2,1H3,(H,29,33). The van der Waals surface area contributed by atoms with E-state index >= 15 is 0 Å². The number of benzene rings is 2. The molecule has 3 aromatic rings. The molecular weight excluding hydrogens is 440 g/mol. The van der Waals surface area contributed by atoms with Crippen LogP contribution in [-0.2, 0) is 4.79 Å². The lowest BCUT2D eigenvalue weighted by Crippen LogP contribution is -2.47. The molecule has 2 fully saturated rings. The van der Waals surface area contributed by atoms with Gasteiger partial charge in [-0.1, -0.05) is 37.5 Å². The van der Waals surface area contributed by atoms with Crippen LogP contribution in [0, 0.1) is 12.8 Å². The third-order valence-corrected chi connectivity index (χ3v) is 7.21. The number of aromatic nitrogens is 2. The highest BCUT2D eigenvalue weighted by Crippen LogP contribution is 2.27. The first-order chi connectivity index (χ1) is 17.1. The van der Waals surface area contributed by atoms with Crippen LogP contribution in [0.5, 0.6) is 0 Å². The fraction of sp³-hybridized carbons (Fsp3) is 0.429. The highest BCUT2D eigenvalue weighted by atomic mass is 16.4. The topological polar surface area (TPSA) is 88.3 Å². The van der Waals surface area contributed by atoms with Crippen LogP contribution in [0.25, 0.3) is 22.9 Å². The molecule has 2 heterocycles. The van der Waals surface area contributed by atoms with Gasteiger partial charge in [0.05, 0.1) is 5.92 Å². The quantitative estimate of drug-likeness (QED) is 0.564. The van der Waals surface area contributed by atoms with Crippen molar-refractivity contribution >= 4 is 11.8 Å². The molecule has 1 saturated heterocycles. The van der Waals surface area contributed by atoms with Crippen molar-refractivity contribution in [2.24, 2.45) is 5.92 Å². The lowest BCUT2D eigenvalue weighted by atomic mass is 9.92. The molecule has 1 aliphatic carbocycles. The lowest BCUT2D eigenvalue weighted by Gasteiger charge is -2.33. The number of carbonyl (C=O) groups excluding carboxylic acids is 2. The molecule has 2 aliphatic rings. The smallest absolute Gasteiger partial charge is 0.253 e. The highest BCUT2D eigenvalue weighted by molar-refractivity contribution is 5.95. The zero-order valence-corrected chi connectivity index (χ0v) is 20.2. The maximum Gasteiger partial charge on any atom is 0.253 e. The Morgan fingerprint density at radius 2 is 1.66 bits per heavy atom. The summed E-state index contributed by atoms with van der Waals surface area (Å²) in [5.74, 6) is 0.819. The number of likely N-dealkylation sites (tertiary alicyclic amines) is 1. The fourth-order valence-electron chi connectivity index (χ4n) is 5.14. The Morgan fingerprint density at radius 3 is 2.43 bits per heavy atom. The summed E-state index contributed by atoms with van der Waals surface area (Å²) in [5.41, 5.74) is 3.33. The number of nitrogens with one attached hydrogen (secondary N) is 1. The number of hydrogen-bond donors (Lipinski definition) is 1. The Morgan fingerprint density at radius 1 is 0.914 bits per heavy atom. The number of amides is 2. The fourth-order valence-corrected chi connectivity index (χ4v) is 5.14. The summed E-state index contributed by atoms with van der Waals surface area (Å²) in [6.07, 6.45) is 7.45. The van der Waals surface area contributed by atoms with Crippen molar-refractivity contribution in [3.8, 4) is 22.9 Å². The zero-order chi connectivity index (χ0) is 24.2. The van der Waals surface area contributed by atoms with Gasteiger partial charge in [0.25, 0.3) is 5.91 Å². The Bertz CT molecular complexity index is 1180. The normalized spacial score (nSPS) is 18.9. The maximum absolute atomic E-state index is 13.2. The third-order valence-electron chi connectivity index (χ3n) is 7.21. The summed E-state index contributed by atoms with van der Waals surface area (Å²) in [7, 11) is 0. The van der Waals surface area contributed by atoms with Crippen molar-refractivity contribution < 1.29 is 14.0 Å². The van der Waals surface area contributed by atoms with E-state index in [1.165, 1.54) is 19.3 Å². The van der Waals surface area contributed by atoms with Gasteiger partial charge in [0.15, 0.2) is 0 Å². The SMILES string of the molecule is Cc1ccccc1-c1nnc(-c2ccc(C(=O)N3CCCC(C(=O)NC4CCCCC4)C3)cc2)o1. The molecule has 2 amide bonds. The molecule has 0 bridgehead atoms. The van der Waals surface area contributed by atoms with Crippen molar-refractivity contribution in [2.45, 2.75) is 57.9 Å². The summed E-state index contributed by atoms with van der Waals surface area (Å²) < 4.78 is 5.89. The van der Waals surface area contributed by atoms with E-state index in [-0.39, 0.29) is 17.7 Å². The largest absolute Gasteiger partial charge is 0.416 e. The average molecular weight is 473 g/mol. The minimum Gasteiger partial charge on any atom is -0.416 e. The Hall–Kier alpha value is -3.48. The van der Waals surface area contributed by atoms with E-state index in [2.05, 4.69) is 15.5 Å². The molecule has 1 atom stereocenters. The molecule has 7 nitrogen and oxygen atoms in total. The molecule has 1 N–H and O–H groups in total. The van der Waals surface area contributed by atoms with Crippen molar-refractivity contribution in [3.05, 3.63) is 59.7 Å². The maximum atomic E-state index is 13.2. The Kier molecular flexibility index (Phi) is 6.93.